The van der Waals surface area contributed by atoms with Crippen molar-refractivity contribution in [2.45, 2.75) is 6.42 Å². The smallest absolute Gasteiger partial charge is 0.120 e. The summed E-state index contributed by atoms with van der Waals surface area (Å²) in [5.41, 5.74) is 8.60. The number of hydrogen-bond acceptors (Lipinski definition) is 3. The molecule has 0 aliphatic heterocycles. The quantitative estimate of drug-likeness (QED) is 0.318. The van der Waals surface area contributed by atoms with Crippen molar-refractivity contribution in [3.8, 4) is 11.8 Å². The third kappa shape index (κ3) is 4.03. The van der Waals surface area contributed by atoms with Crippen molar-refractivity contribution in [2.75, 3.05) is 13.2 Å². The van der Waals surface area contributed by atoms with Crippen molar-refractivity contribution in [2.24, 2.45) is 5.11 Å². The van der Waals surface area contributed by atoms with Crippen molar-refractivity contribution in [3.63, 3.8) is 0 Å². The molecule has 0 bridgehead atoms. The van der Waals surface area contributed by atoms with E-state index >= 15 is 0 Å². The van der Waals surface area contributed by atoms with Gasteiger partial charge in [0.1, 0.15) is 5.75 Å². The lowest BCUT2D eigenvalue weighted by Gasteiger charge is -2.04. The molecule has 0 heterocycles. The minimum absolute atomic E-state index is 0.425. The van der Waals surface area contributed by atoms with E-state index in [2.05, 4.69) is 10.0 Å². The zero-order valence-electron chi connectivity index (χ0n) is 8.13. The van der Waals surface area contributed by atoms with Crippen molar-refractivity contribution in [1.82, 2.24) is 0 Å². The van der Waals surface area contributed by atoms with Gasteiger partial charge < -0.3 is 4.74 Å². The number of azide groups is 1. The summed E-state index contributed by atoms with van der Waals surface area (Å²) in [6.45, 7) is 0.905. The third-order valence-corrected chi connectivity index (χ3v) is 1.70. The predicted molar refractivity (Wildman–Crippen MR) is 55.3 cm³/mol. The second-order valence-corrected chi connectivity index (χ2v) is 2.80. The van der Waals surface area contributed by atoms with E-state index < -0.39 is 0 Å². The van der Waals surface area contributed by atoms with E-state index in [1.807, 2.05) is 6.07 Å². The zero-order chi connectivity index (χ0) is 10.9. The largest absolute Gasteiger partial charge is 0.494 e. The van der Waals surface area contributed by atoms with E-state index in [9.17, 15) is 0 Å². The van der Waals surface area contributed by atoms with Gasteiger partial charge in [0, 0.05) is 11.5 Å². The molecule has 0 atom stereocenters. The summed E-state index contributed by atoms with van der Waals surface area (Å²) in [5, 5.41) is 12.0. The molecule has 0 saturated heterocycles. The first-order valence-corrected chi connectivity index (χ1v) is 4.50. The Morgan fingerprint density at radius 1 is 1.53 bits per heavy atom. The standard InChI is InChI=1S/C10H10N4O/c11-8-9-3-1-4-10(7-9)15-6-2-5-13-14-12/h1,3-4,7H,2,5-6H2. The number of nitrogens with zero attached hydrogens (tertiary/aromatic N) is 4. The van der Waals surface area contributed by atoms with Gasteiger partial charge in [0.2, 0.25) is 0 Å². The monoisotopic (exact) mass is 202 g/mol. The fourth-order valence-electron chi connectivity index (χ4n) is 1.03. The molecule has 0 N–H and O–H groups in total. The summed E-state index contributed by atoms with van der Waals surface area (Å²) in [6.07, 6.45) is 0.668. The molecule has 0 radical (unpaired) electrons. The molecule has 0 saturated carbocycles. The number of ether oxygens (including phenoxy) is 1. The van der Waals surface area contributed by atoms with Crippen LogP contribution in [0.4, 0.5) is 0 Å². The van der Waals surface area contributed by atoms with E-state index in [4.69, 9.17) is 15.5 Å². The molecule has 0 spiro atoms. The maximum Gasteiger partial charge on any atom is 0.120 e. The predicted octanol–water partition coefficient (Wildman–Crippen LogP) is 2.64. The molecule has 0 aliphatic carbocycles. The summed E-state index contributed by atoms with van der Waals surface area (Å²) in [7, 11) is 0. The SMILES string of the molecule is N#Cc1cccc(OCCCN=[N+]=[N-])c1. The van der Waals surface area contributed by atoms with Gasteiger partial charge in [0.25, 0.3) is 0 Å². The Labute approximate surface area is 87.5 Å². The molecule has 0 aromatic heterocycles. The van der Waals surface area contributed by atoms with Gasteiger partial charge in [-0.1, -0.05) is 11.2 Å². The highest BCUT2D eigenvalue weighted by atomic mass is 16.5. The van der Waals surface area contributed by atoms with Crippen LogP contribution in [0.1, 0.15) is 12.0 Å². The van der Waals surface area contributed by atoms with Gasteiger partial charge in [0.05, 0.1) is 18.2 Å². The van der Waals surface area contributed by atoms with Gasteiger partial charge in [-0.2, -0.15) is 5.26 Å². The fourth-order valence-corrected chi connectivity index (χ4v) is 1.03. The number of benzene rings is 1. The second kappa shape index (κ2) is 6.30. The fraction of sp³-hybridized carbons (Fsp3) is 0.300. The normalized spacial score (nSPS) is 8.73. The summed E-state index contributed by atoms with van der Waals surface area (Å²) >= 11 is 0. The average molecular weight is 202 g/mol. The first kappa shape index (κ1) is 10.9. The lowest BCUT2D eigenvalue weighted by molar-refractivity contribution is 0.313. The molecule has 0 fully saturated rings. The van der Waals surface area contributed by atoms with E-state index in [1.165, 1.54) is 0 Å². The molecule has 0 amide bonds. The molecular weight excluding hydrogens is 192 g/mol. The van der Waals surface area contributed by atoms with Crippen LogP contribution in [-0.2, 0) is 0 Å². The van der Waals surface area contributed by atoms with Crippen LogP contribution in [0.2, 0.25) is 0 Å². The highest BCUT2D eigenvalue weighted by molar-refractivity contribution is 5.36. The molecule has 1 aromatic carbocycles. The number of rotatable bonds is 5. The molecule has 1 rings (SSSR count). The summed E-state index contributed by atoms with van der Waals surface area (Å²) in [6, 6.07) is 8.97. The summed E-state index contributed by atoms with van der Waals surface area (Å²) in [5.74, 6) is 0.662. The first-order valence-electron chi connectivity index (χ1n) is 4.50. The summed E-state index contributed by atoms with van der Waals surface area (Å²) < 4.78 is 5.36. The Morgan fingerprint density at radius 2 is 2.40 bits per heavy atom. The van der Waals surface area contributed by atoms with E-state index in [-0.39, 0.29) is 0 Å². The van der Waals surface area contributed by atoms with Crippen molar-refractivity contribution in [3.05, 3.63) is 40.3 Å². The summed E-state index contributed by atoms with van der Waals surface area (Å²) in [4.78, 5) is 2.63. The van der Waals surface area contributed by atoms with E-state index in [0.717, 1.165) is 0 Å². The highest BCUT2D eigenvalue weighted by Crippen LogP contribution is 2.12. The molecule has 15 heavy (non-hydrogen) atoms. The highest BCUT2D eigenvalue weighted by Gasteiger charge is 1.95. The zero-order valence-corrected chi connectivity index (χ0v) is 8.13. The minimum Gasteiger partial charge on any atom is -0.494 e. The molecule has 0 aliphatic rings. The maximum atomic E-state index is 8.64. The number of nitriles is 1. The van der Waals surface area contributed by atoms with Crippen LogP contribution >= 0.6 is 0 Å². The molecule has 1 aromatic rings. The van der Waals surface area contributed by atoms with Crippen LogP contribution in [0.3, 0.4) is 0 Å². The molecule has 5 nitrogen and oxygen atoms in total. The lowest BCUT2D eigenvalue weighted by Crippen LogP contribution is -1.98. The number of hydrogen-bond donors (Lipinski definition) is 0. The van der Waals surface area contributed by atoms with Crippen LogP contribution in [0.25, 0.3) is 10.4 Å². The van der Waals surface area contributed by atoms with Gasteiger partial charge in [-0.25, -0.2) is 0 Å². The Kier molecular flexibility index (Phi) is 4.58. The second-order valence-electron chi connectivity index (χ2n) is 2.80. The van der Waals surface area contributed by atoms with Crippen molar-refractivity contribution in [1.29, 1.82) is 5.26 Å². The Hall–Kier alpha value is -2.18. The Bertz CT molecular complexity index is 404. The average Bonchev–Trinajstić information content (AvgIpc) is 2.29. The maximum absolute atomic E-state index is 8.64. The molecule has 76 valence electrons. The molecular formula is C10H10N4O. The van der Waals surface area contributed by atoms with Crippen molar-refractivity contribution >= 4 is 0 Å². The lowest BCUT2D eigenvalue weighted by atomic mass is 10.2. The Balaban J connectivity index is 2.37. The van der Waals surface area contributed by atoms with E-state index in [1.54, 1.807) is 24.3 Å². The van der Waals surface area contributed by atoms with Crippen LogP contribution in [0.15, 0.2) is 29.4 Å². The first-order chi connectivity index (χ1) is 7.36. The van der Waals surface area contributed by atoms with Gasteiger partial charge in [0.15, 0.2) is 0 Å². The van der Waals surface area contributed by atoms with Gasteiger partial charge in [-0.3, -0.25) is 0 Å². The third-order valence-electron chi connectivity index (χ3n) is 1.70. The van der Waals surface area contributed by atoms with Crippen LogP contribution in [0, 0.1) is 11.3 Å². The van der Waals surface area contributed by atoms with Gasteiger partial charge in [-0.05, 0) is 30.2 Å². The van der Waals surface area contributed by atoms with Crippen LogP contribution in [0.5, 0.6) is 5.75 Å². The molecule has 5 heteroatoms. The van der Waals surface area contributed by atoms with Crippen LogP contribution in [-0.4, -0.2) is 13.2 Å². The van der Waals surface area contributed by atoms with Gasteiger partial charge >= 0.3 is 0 Å². The van der Waals surface area contributed by atoms with Crippen molar-refractivity contribution < 1.29 is 4.74 Å². The van der Waals surface area contributed by atoms with E-state index in [0.29, 0.717) is 30.9 Å². The van der Waals surface area contributed by atoms with Gasteiger partial charge in [-0.15, -0.1) is 0 Å². The Morgan fingerprint density at radius 3 is 3.13 bits per heavy atom. The molecule has 0 unspecified atom stereocenters. The van der Waals surface area contributed by atoms with Crippen LogP contribution < -0.4 is 4.74 Å². The minimum atomic E-state index is 0.425. The topological polar surface area (TPSA) is 81.8 Å².